The maximum atomic E-state index is 12.5. The Labute approximate surface area is 130 Å². The quantitative estimate of drug-likeness (QED) is 0.899. The first-order chi connectivity index (χ1) is 10.6. The van der Waals surface area contributed by atoms with Gasteiger partial charge >= 0.3 is 0 Å². The van der Waals surface area contributed by atoms with Crippen LogP contribution in [0.25, 0.3) is 0 Å². The molecule has 4 nitrogen and oxygen atoms in total. The summed E-state index contributed by atoms with van der Waals surface area (Å²) in [5.74, 6) is 1.33. The van der Waals surface area contributed by atoms with Crippen LogP contribution in [0.3, 0.4) is 0 Å². The van der Waals surface area contributed by atoms with Crippen molar-refractivity contribution in [2.45, 2.75) is 57.1 Å². The number of ketones is 1. The number of phenols is 1. The molecule has 3 aliphatic rings. The van der Waals surface area contributed by atoms with E-state index in [1.807, 2.05) is 6.07 Å². The molecular formula is C18H23NO3. The number of carbonyl (C=O) groups is 1. The van der Waals surface area contributed by atoms with Crippen molar-refractivity contribution in [2.24, 2.45) is 5.92 Å². The van der Waals surface area contributed by atoms with Crippen molar-refractivity contribution in [3.05, 3.63) is 23.3 Å². The minimum Gasteiger partial charge on any atom is -0.504 e. The molecule has 0 bridgehead atoms. The number of aromatic hydroxyl groups is 1. The Kier molecular flexibility index (Phi) is 3.02. The summed E-state index contributed by atoms with van der Waals surface area (Å²) in [6.45, 7) is 5.22. The summed E-state index contributed by atoms with van der Waals surface area (Å²) in [7, 11) is 0. The minimum atomic E-state index is -0.417. The van der Waals surface area contributed by atoms with Crippen LogP contribution < -0.4 is 10.1 Å². The zero-order valence-electron chi connectivity index (χ0n) is 13.2. The van der Waals surface area contributed by atoms with Crippen LogP contribution >= 0.6 is 0 Å². The van der Waals surface area contributed by atoms with E-state index in [0.29, 0.717) is 24.1 Å². The predicted octanol–water partition coefficient (Wildman–Crippen LogP) is 2.31. The molecule has 118 valence electrons. The molecular weight excluding hydrogens is 278 g/mol. The molecule has 1 aromatic carbocycles. The SMILES string of the molecule is CCN[C@@H]1Cc2ccc(O)c3c2[C@]2(CC)C1CCC(=O)[C@@H]2O3. The van der Waals surface area contributed by atoms with Crippen molar-refractivity contribution < 1.29 is 14.6 Å². The van der Waals surface area contributed by atoms with Crippen LogP contribution in [0, 0.1) is 5.92 Å². The maximum Gasteiger partial charge on any atom is 0.174 e. The third kappa shape index (κ3) is 1.54. The summed E-state index contributed by atoms with van der Waals surface area (Å²) in [5, 5.41) is 13.9. The monoisotopic (exact) mass is 301 g/mol. The highest BCUT2D eigenvalue weighted by Crippen LogP contribution is 2.60. The first-order valence-corrected chi connectivity index (χ1v) is 8.41. The van der Waals surface area contributed by atoms with E-state index in [9.17, 15) is 9.90 Å². The molecule has 4 rings (SSSR count). The molecule has 2 N–H and O–H groups in total. The number of Topliss-reactive ketones (excluding diaryl/α,β-unsaturated/α-hetero) is 1. The van der Waals surface area contributed by atoms with Gasteiger partial charge in [-0.2, -0.15) is 0 Å². The zero-order valence-corrected chi connectivity index (χ0v) is 13.2. The zero-order chi connectivity index (χ0) is 15.5. The molecule has 1 fully saturated rings. The van der Waals surface area contributed by atoms with E-state index >= 15 is 0 Å². The van der Waals surface area contributed by atoms with Crippen molar-refractivity contribution in [1.29, 1.82) is 0 Å². The Balaban J connectivity index is 1.96. The molecule has 0 radical (unpaired) electrons. The van der Waals surface area contributed by atoms with Gasteiger partial charge < -0.3 is 15.2 Å². The van der Waals surface area contributed by atoms with Gasteiger partial charge in [-0.25, -0.2) is 0 Å². The molecule has 4 atom stereocenters. The first-order valence-electron chi connectivity index (χ1n) is 8.41. The number of ether oxygens (including phenoxy) is 1. The van der Waals surface area contributed by atoms with Crippen molar-refractivity contribution in [2.75, 3.05) is 6.54 Å². The number of benzene rings is 1. The molecule has 1 unspecified atom stereocenters. The maximum absolute atomic E-state index is 12.5. The highest BCUT2D eigenvalue weighted by Gasteiger charge is 2.62. The van der Waals surface area contributed by atoms with Gasteiger partial charge in [0.05, 0.1) is 0 Å². The lowest BCUT2D eigenvalue weighted by Crippen LogP contribution is -2.60. The van der Waals surface area contributed by atoms with E-state index in [1.165, 1.54) is 5.56 Å². The van der Waals surface area contributed by atoms with Gasteiger partial charge in [-0.05, 0) is 43.4 Å². The van der Waals surface area contributed by atoms with Gasteiger partial charge in [0, 0.05) is 23.4 Å². The molecule has 4 heteroatoms. The van der Waals surface area contributed by atoms with Crippen LogP contribution in [0.15, 0.2) is 12.1 Å². The smallest absolute Gasteiger partial charge is 0.174 e. The Bertz CT molecular complexity index is 641. The second kappa shape index (κ2) is 4.72. The summed E-state index contributed by atoms with van der Waals surface area (Å²) in [5.41, 5.74) is 2.09. The molecule has 1 saturated carbocycles. The van der Waals surface area contributed by atoms with E-state index in [4.69, 9.17) is 4.74 Å². The topological polar surface area (TPSA) is 58.6 Å². The summed E-state index contributed by atoms with van der Waals surface area (Å²) in [6, 6.07) is 4.10. The summed E-state index contributed by atoms with van der Waals surface area (Å²) < 4.78 is 6.04. The summed E-state index contributed by atoms with van der Waals surface area (Å²) in [4.78, 5) is 12.5. The van der Waals surface area contributed by atoms with E-state index in [-0.39, 0.29) is 16.9 Å². The number of likely N-dealkylation sites (N-methyl/N-ethyl adjacent to an activating group) is 1. The molecule has 0 amide bonds. The van der Waals surface area contributed by atoms with Gasteiger partial charge in [0.1, 0.15) is 0 Å². The highest BCUT2D eigenvalue weighted by atomic mass is 16.5. The normalized spacial score (nSPS) is 35.2. The van der Waals surface area contributed by atoms with Crippen molar-refractivity contribution >= 4 is 5.78 Å². The summed E-state index contributed by atoms with van der Waals surface area (Å²) >= 11 is 0. The largest absolute Gasteiger partial charge is 0.504 e. The Hall–Kier alpha value is -1.55. The number of hydrogen-bond acceptors (Lipinski definition) is 4. The van der Waals surface area contributed by atoms with Gasteiger partial charge in [-0.1, -0.05) is 19.9 Å². The van der Waals surface area contributed by atoms with E-state index in [0.717, 1.165) is 31.4 Å². The van der Waals surface area contributed by atoms with Crippen LogP contribution in [-0.2, 0) is 16.6 Å². The van der Waals surface area contributed by atoms with Crippen molar-refractivity contribution in [1.82, 2.24) is 5.32 Å². The average molecular weight is 301 g/mol. The van der Waals surface area contributed by atoms with Crippen LogP contribution in [0.1, 0.15) is 44.2 Å². The van der Waals surface area contributed by atoms with Crippen molar-refractivity contribution in [3.63, 3.8) is 0 Å². The van der Waals surface area contributed by atoms with Gasteiger partial charge in [-0.15, -0.1) is 0 Å². The molecule has 2 aliphatic carbocycles. The predicted molar refractivity (Wildman–Crippen MR) is 83.4 cm³/mol. The first kappa shape index (κ1) is 14.1. The van der Waals surface area contributed by atoms with Gasteiger partial charge in [0.25, 0.3) is 0 Å². The fourth-order valence-corrected chi connectivity index (χ4v) is 5.23. The lowest BCUT2D eigenvalue weighted by Gasteiger charge is -2.50. The number of hydrogen-bond donors (Lipinski definition) is 2. The standard InChI is InChI=1S/C18H23NO3/c1-3-18-11-6-8-14(21)17(18)22-16-13(20)7-5-10(15(16)18)9-12(11)19-4-2/h5,7,11-12,17,19-20H,3-4,6,8-9H2,1-2H3/t11?,12-,17+,18+/m1/s1. The Morgan fingerprint density at radius 2 is 2.23 bits per heavy atom. The molecule has 1 aliphatic heterocycles. The van der Waals surface area contributed by atoms with Gasteiger partial charge in [-0.3, -0.25) is 4.79 Å². The third-order valence-corrected chi connectivity index (χ3v) is 6.02. The summed E-state index contributed by atoms with van der Waals surface area (Å²) in [6.07, 6.45) is 2.91. The molecule has 0 saturated heterocycles. The lowest BCUT2D eigenvalue weighted by molar-refractivity contribution is -0.134. The second-order valence-corrected chi connectivity index (χ2v) is 6.82. The number of nitrogens with one attached hydrogen (secondary N) is 1. The molecule has 1 aromatic rings. The van der Waals surface area contributed by atoms with Crippen LogP contribution in [0.5, 0.6) is 11.5 Å². The lowest BCUT2D eigenvalue weighted by atomic mass is 9.54. The van der Waals surface area contributed by atoms with Crippen LogP contribution in [0.4, 0.5) is 0 Å². The second-order valence-electron chi connectivity index (χ2n) is 6.82. The van der Waals surface area contributed by atoms with E-state index in [1.54, 1.807) is 6.07 Å². The third-order valence-electron chi connectivity index (χ3n) is 6.02. The number of rotatable bonds is 3. The Morgan fingerprint density at radius 3 is 2.95 bits per heavy atom. The van der Waals surface area contributed by atoms with Crippen molar-refractivity contribution in [3.8, 4) is 11.5 Å². The molecule has 22 heavy (non-hydrogen) atoms. The van der Waals surface area contributed by atoms with Gasteiger partial charge in [0.15, 0.2) is 23.4 Å². The molecule has 0 spiro atoms. The fraction of sp³-hybridized carbons (Fsp3) is 0.611. The molecule has 1 heterocycles. The number of carbonyl (C=O) groups excluding carboxylic acids is 1. The minimum absolute atomic E-state index is 0.175. The van der Waals surface area contributed by atoms with Crippen LogP contribution in [0.2, 0.25) is 0 Å². The van der Waals surface area contributed by atoms with E-state index in [2.05, 4.69) is 19.2 Å². The Morgan fingerprint density at radius 1 is 1.41 bits per heavy atom. The van der Waals surface area contributed by atoms with Gasteiger partial charge in [0.2, 0.25) is 0 Å². The fourth-order valence-electron chi connectivity index (χ4n) is 5.23. The highest BCUT2D eigenvalue weighted by molar-refractivity contribution is 5.89. The molecule has 0 aromatic heterocycles. The number of phenolic OH excluding ortho intramolecular Hbond substituents is 1. The average Bonchev–Trinajstić information content (AvgIpc) is 2.89. The van der Waals surface area contributed by atoms with E-state index < -0.39 is 6.10 Å². The van der Waals surface area contributed by atoms with Crippen LogP contribution in [-0.4, -0.2) is 29.6 Å².